The Labute approximate surface area is 416 Å². The number of ether oxygens (including phenoxy) is 3. The highest BCUT2D eigenvalue weighted by molar-refractivity contribution is 6.30. The number of allylic oxidation sites excluding steroid dienone is 4. The number of benzene rings is 2. The number of rotatable bonds is 14. The maximum absolute atomic E-state index is 15.4. The van der Waals surface area contributed by atoms with Crippen LogP contribution in [0.25, 0.3) is 12.2 Å². The van der Waals surface area contributed by atoms with Crippen LogP contribution in [0.3, 0.4) is 0 Å². The van der Waals surface area contributed by atoms with Gasteiger partial charge in [-0.05, 0) is 47.5 Å². The van der Waals surface area contributed by atoms with Crippen molar-refractivity contribution in [2.24, 2.45) is 5.92 Å². The molecule has 0 saturated carbocycles. The van der Waals surface area contributed by atoms with E-state index in [9.17, 15) is 111 Å². The van der Waals surface area contributed by atoms with Gasteiger partial charge < -0.3 is 111 Å². The Morgan fingerprint density at radius 1 is 0.608 bits per heavy atom. The Kier molecular flexibility index (Phi) is 15.9. The molecule has 0 aromatic heterocycles. The van der Waals surface area contributed by atoms with Crippen molar-refractivity contribution in [3.05, 3.63) is 117 Å². The van der Waals surface area contributed by atoms with Crippen LogP contribution < -0.4 is 0 Å². The van der Waals surface area contributed by atoms with E-state index in [1.165, 1.54) is 48.5 Å². The Morgan fingerprint density at radius 2 is 1.08 bits per heavy atom. The molecule has 2 aliphatic carbocycles. The molecule has 2 aromatic carbocycles. The summed E-state index contributed by atoms with van der Waals surface area (Å²) >= 11 is 0. The minimum absolute atomic E-state index is 0.143. The fraction of sp³-hybridized carbons (Fsp3) is 0.417. The van der Waals surface area contributed by atoms with Gasteiger partial charge in [0.05, 0.1) is 31.3 Å². The van der Waals surface area contributed by atoms with Crippen LogP contribution in [0.5, 0.6) is 11.5 Å². The van der Waals surface area contributed by atoms with E-state index in [1.807, 2.05) is 0 Å². The van der Waals surface area contributed by atoms with Gasteiger partial charge in [-0.1, -0.05) is 36.4 Å². The van der Waals surface area contributed by atoms with E-state index in [0.29, 0.717) is 12.2 Å². The van der Waals surface area contributed by atoms with Crippen molar-refractivity contribution in [3.63, 3.8) is 0 Å². The molecule has 3 aliphatic heterocycles. The number of carbonyl (C=O) groups is 4. The zero-order valence-electron chi connectivity index (χ0n) is 38.1. The first-order chi connectivity index (χ1) is 34.8. The van der Waals surface area contributed by atoms with Crippen LogP contribution in [0.1, 0.15) is 11.1 Å². The summed E-state index contributed by atoms with van der Waals surface area (Å²) in [6.07, 6.45) is -31.7. The van der Waals surface area contributed by atoms with Crippen LogP contribution in [-0.2, 0) is 33.4 Å². The first-order valence-electron chi connectivity index (χ1n) is 22.4. The van der Waals surface area contributed by atoms with Gasteiger partial charge in [0.15, 0.2) is 5.78 Å². The van der Waals surface area contributed by atoms with E-state index in [0.717, 1.165) is 12.2 Å². The van der Waals surface area contributed by atoms with Crippen LogP contribution in [0.2, 0.25) is 0 Å². The molecule has 74 heavy (non-hydrogen) atoms. The van der Waals surface area contributed by atoms with Crippen molar-refractivity contribution in [3.8, 4) is 11.5 Å². The van der Waals surface area contributed by atoms with E-state index in [1.54, 1.807) is 0 Å². The average molecular weight is 1040 g/mol. The minimum Gasteiger partial charge on any atom is -0.508 e. The second-order valence-corrected chi connectivity index (χ2v) is 18.0. The molecule has 400 valence electrons. The number of hydrogen-bond donors (Lipinski definition) is 19. The smallest absolute Gasteiger partial charge is 0.219 e. The molecule has 0 amide bonds. The van der Waals surface area contributed by atoms with Crippen LogP contribution in [0, 0.1) is 5.92 Å². The molecule has 0 radical (unpaired) electrons. The number of phenols is 2. The molecule has 3 heterocycles. The van der Waals surface area contributed by atoms with Crippen LogP contribution in [-0.4, -0.2) is 237 Å². The molecule has 0 spiro atoms. The Morgan fingerprint density at radius 3 is 1.55 bits per heavy atom. The molecule has 2 fully saturated rings. The van der Waals surface area contributed by atoms with Crippen molar-refractivity contribution >= 4 is 35.3 Å². The Hall–Kier alpha value is -6.28. The molecule has 5 aliphatic rings. The summed E-state index contributed by atoms with van der Waals surface area (Å²) in [5.41, 5.74) is -13.7. The molecule has 2 saturated heterocycles. The lowest BCUT2D eigenvalue weighted by molar-refractivity contribution is -0.264. The zero-order chi connectivity index (χ0) is 54.6. The largest absolute Gasteiger partial charge is 0.508 e. The highest BCUT2D eigenvalue weighted by Crippen LogP contribution is 2.54. The average Bonchev–Trinajstić information content (AvgIpc) is 3.78. The predicted molar refractivity (Wildman–Crippen MR) is 241 cm³/mol. The van der Waals surface area contributed by atoms with E-state index < -0.39 is 191 Å². The van der Waals surface area contributed by atoms with Crippen LogP contribution >= 0.6 is 0 Å². The fourth-order valence-electron chi connectivity index (χ4n) is 9.46. The fourth-order valence-corrected chi connectivity index (χ4v) is 9.46. The normalized spacial score (nSPS) is 35.8. The van der Waals surface area contributed by atoms with E-state index in [-0.39, 0.29) is 22.6 Å². The summed E-state index contributed by atoms with van der Waals surface area (Å²) in [5, 5.41) is 211. The SMILES string of the molecule is O=C(/C=C/c1ccc(O)cc1)C1=C(O)C2=C(O[C@H]([C@@H](O)[C@H](O)[C@H](O)CO)C2C2=C(O)/C(=C(O)/C=C/c3ccc(O)cc3)C(=O)C(O)([C@@H]3O[C@H](CO)[C@@H](O)[C@H](O)[C@H]3O)C2=O)C(O)([C@@H]2O[C@H](CO)[C@@H](O)[C@H](O)[C@H]2O)C1=O. The number of Topliss-reactive ketones (excluding diaryl/α,β-unsaturated/α-hetero) is 3. The lowest BCUT2D eigenvalue weighted by atomic mass is 9.65. The lowest BCUT2D eigenvalue weighted by Crippen LogP contribution is -2.71. The predicted octanol–water partition coefficient (Wildman–Crippen LogP) is -5.94. The highest BCUT2D eigenvalue weighted by atomic mass is 16.6. The lowest BCUT2D eigenvalue weighted by Gasteiger charge is -2.47. The summed E-state index contributed by atoms with van der Waals surface area (Å²) in [6.45, 7) is -3.83. The molecule has 2 aromatic rings. The maximum atomic E-state index is 15.4. The zero-order valence-corrected chi connectivity index (χ0v) is 38.1. The number of phenolic OH excluding ortho intramolecular Hbond substituents is 2. The van der Waals surface area contributed by atoms with Crippen molar-refractivity contribution in [1.82, 2.24) is 0 Å². The summed E-state index contributed by atoms with van der Waals surface area (Å²) in [5.74, 6) is -17.5. The number of aliphatic hydroxyl groups excluding tert-OH is 15. The first kappa shape index (κ1) is 55.5. The van der Waals surface area contributed by atoms with E-state index in [2.05, 4.69) is 0 Å². The standard InChI is InChI=1S/C48H52O26/c49-13-22(56)30(57)37(64)40-27(28-33(60)25(20(54)11-5-16-1-7-18(52)8-2-16)41(67)47(70,43(28)69)45-38(65)35(62)31(58)23(14-50)72-45)29-34(61)26(21(55)12-6-17-3-9-19(53)10-4-17)42(68)48(71,44(29)74-40)46-39(66)36(63)32(59)24(15-51)73-46/h1-12,22-24,27,30-32,35-40,45-46,49-54,56-66,70-71H,13-15H2/b11-5+,12-6+,25-20+/t22-,23-,24-,27?,30-,31-,32-,35+,36+,37+,38-,39-,40+,45-,46-,47?,48?/m1/s1. The van der Waals surface area contributed by atoms with Gasteiger partial charge in [-0.2, -0.15) is 0 Å². The van der Waals surface area contributed by atoms with E-state index >= 15 is 4.79 Å². The third-order valence-electron chi connectivity index (χ3n) is 13.5. The van der Waals surface area contributed by atoms with Crippen molar-refractivity contribution in [1.29, 1.82) is 0 Å². The highest BCUT2D eigenvalue weighted by Gasteiger charge is 2.70. The van der Waals surface area contributed by atoms with Gasteiger partial charge >= 0.3 is 0 Å². The van der Waals surface area contributed by atoms with Crippen LogP contribution in [0.15, 0.2) is 106 Å². The number of carbonyl (C=O) groups excluding carboxylic acids is 4. The van der Waals surface area contributed by atoms with Gasteiger partial charge in [-0.3, -0.25) is 19.2 Å². The number of ketones is 4. The molecular formula is C48H52O26. The van der Waals surface area contributed by atoms with Gasteiger partial charge in [-0.15, -0.1) is 0 Å². The van der Waals surface area contributed by atoms with Gasteiger partial charge in [-0.25, -0.2) is 0 Å². The number of aliphatic hydroxyl groups is 17. The molecular weight excluding hydrogens is 993 g/mol. The summed E-state index contributed by atoms with van der Waals surface area (Å²) in [7, 11) is 0. The monoisotopic (exact) mass is 1040 g/mol. The van der Waals surface area contributed by atoms with Crippen molar-refractivity contribution < 1.29 is 130 Å². The molecule has 26 heteroatoms. The number of hydrogen-bond acceptors (Lipinski definition) is 26. The van der Waals surface area contributed by atoms with Gasteiger partial charge in [0.1, 0.15) is 131 Å². The summed E-state index contributed by atoms with van der Waals surface area (Å²) < 4.78 is 16.9. The third kappa shape index (κ3) is 9.12. The molecule has 19 N–H and O–H groups in total. The Balaban J connectivity index is 1.58. The van der Waals surface area contributed by atoms with E-state index in [4.69, 9.17) is 14.2 Å². The first-order valence-corrected chi connectivity index (χ1v) is 22.4. The minimum atomic E-state index is -4.13. The van der Waals surface area contributed by atoms with Gasteiger partial charge in [0.25, 0.3) is 0 Å². The molecule has 0 bridgehead atoms. The van der Waals surface area contributed by atoms with Crippen LogP contribution in [0.4, 0.5) is 0 Å². The quantitative estimate of drug-likeness (QED) is 0.0362. The van der Waals surface area contributed by atoms with Gasteiger partial charge in [0.2, 0.25) is 28.6 Å². The second-order valence-electron chi connectivity index (χ2n) is 18.0. The Bertz CT molecular complexity index is 2720. The number of aromatic hydroxyl groups is 2. The van der Waals surface area contributed by atoms with Gasteiger partial charge in [0, 0.05) is 5.57 Å². The topological polar surface area (TPSA) is 480 Å². The maximum Gasteiger partial charge on any atom is 0.219 e. The molecule has 7 rings (SSSR count). The summed E-state index contributed by atoms with van der Waals surface area (Å²) in [4.78, 5) is 59.4. The molecule has 17 atom stereocenters. The third-order valence-corrected chi connectivity index (χ3v) is 13.5. The molecule has 26 nitrogen and oxygen atoms in total. The second kappa shape index (κ2) is 21.2. The van der Waals surface area contributed by atoms with Crippen molar-refractivity contribution in [2.75, 3.05) is 19.8 Å². The summed E-state index contributed by atoms with van der Waals surface area (Å²) in [6, 6.07) is 9.81. The molecule has 3 unspecified atom stereocenters. The van der Waals surface area contributed by atoms with Crippen molar-refractivity contribution in [2.45, 2.75) is 96.7 Å².